The molecule has 0 aliphatic carbocycles. The standard InChI is InChI=1S/C20H33FNO2Si2.C19H28F5NO3Si2.C3H2F6O/c1-17(2)24-25(4)14-15-26(5,6)19-11-9-10-18(16-19)22(3)20(23)12-7-8-13-21;1-14(2)28-30(6,7)13-29(4,5)16-10-8-9-15(11-16)25(3)17(26)18(21,27-12-20)19(22,23)24;4-2(5,6)1-10-3(7,8)9/h9-11,16H,1,7-8,12-15H2,2-6H3;8-11H,1,12-13H2,2-7H3;1H2. The summed E-state index contributed by atoms with van der Waals surface area (Å²) in [4.78, 5) is 26.7. The van der Waals surface area contributed by atoms with Crippen LogP contribution in [0.5, 0.6) is 0 Å². The maximum absolute atomic E-state index is 14.3. The molecule has 2 aromatic carbocycles. The molecule has 2 aromatic rings. The minimum Gasteiger partial charge on any atom is -0.548 e. The van der Waals surface area contributed by atoms with E-state index in [4.69, 9.17) is 8.85 Å². The number of likely N-dealkylation sites (N-methyl/N-ethyl adjacent to an activating group) is 1. The molecular weight excluding hydrogens is 969 g/mol. The Hall–Kier alpha value is -3.59. The van der Waals surface area contributed by atoms with Gasteiger partial charge in [0.25, 0.3) is 9.04 Å². The number of rotatable bonds is 21. The quantitative estimate of drug-likeness (QED) is 0.0537. The first-order valence-corrected chi connectivity index (χ1v) is 32.0. The van der Waals surface area contributed by atoms with Crippen LogP contribution in [-0.2, 0) is 27.9 Å². The zero-order valence-electron chi connectivity index (χ0n) is 39.3. The summed E-state index contributed by atoms with van der Waals surface area (Å²) in [6.45, 7) is 21.7. The van der Waals surface area contributed by atoms with E-state index in [9.17, 15) is 62.3 Å². The number of carbonyl (C=O) groups excluding carboxylic acids is 2. The van der Waals surface area contributed by atoms with Gasteiger partial charge in [-0.1, -0.05) is 80.0 Å². The summed E-state index contributed by atoms with van der Waals surface area (Å²) >= 11 is 0. The van der Waals surface area contributed by atoms with Gasteiger partial charge in [0.1, 0.15) is 0 Å². The highest BCUT2D eigenvalue weighted by molar-refractivity contribution is 7.00. The Balaban J connectivity index is 0.00000107. The van der Waals surface area contributed by atoms with E-state index >= 15 is 0 Å². The molecule has 377 valence electrons. The molecule has 0 aliphatic heterocycles. The summed E-state index contributed by atoms with van der Waals surface area (Å²) in [5.41, 5.74) is 1.76. The second-order valence-electron chi connectivity index (χ2n) is 17.3. The molecule has 0 saturated carbocycles. The van der Waals surface area contributed by atoms with Crippen LogP contribution in [0.15, 0.2) is 73.2 Å². The monoisotopic (exact) mass is 1030 g/mol. The summed E-state index contributed by atoms with van der Waals surface area (Å²) in [7, 11) is -3.90. The van der Waals surface area contributed by atoms with Gasteiger partial charge in [-0.05, 0) is 82.3 Å². The molecule has 0 aliphatic rings. The van der Waals surface area contributed by atoms with Crippen molar-refractivity contribution < 1.29 is 80.6 Å². The van der Waals surface area contributed by atoms with Gasteiger partial charge in [0.2, 0.25) is 14.2 Å². The summed E-state index contributed by atoms with van der Waals surface area (Å²) in [5.74, 6) is -5.36. The molecular formula is C42H63F12N2O6Si4. The average molecular weight is 1030 g/mol. The number of hydrogen-bond donors (Lipinski definition) is 0. The second kappa shape index (κ2) is 26.2. The second-order valence-corrected chi connectivity index (χ2v) is 33.7. The molecule has 0 heterocycles. The first-order chi connectivity index (χ1) is 29.8. The number of unbranched alkanes of at least 4 members (excludes halogenated alkanes) is 1. The lowest BCUT2D eigenvalue weighted by molar-refractivity contribution is -0.352. The minimum atomic E-state index is -5.73. The van der Waals surface area contributed by atoms with Crippen LogP contribution in [-0.4, -0.2) is 104 Å². The third kappa shape index (κ3) is 22.9. The number of carbonyl (C=O) groups is 2. The first kappa shape index (κ1) is 62.4. The molecule has 0 fully saturated rings. The van der Waals surface area contributed by atoms with Gasteiger partial charge in [0.15, 0.2) is 13.5 Å². The molecule has 1 unspecified atom stereocenters. The summed E-state index contributed by atoms with van der Waals surface area (Å²) in [6, 6.07) is 16.9. The fraction of sp³-hybridized carbons (Fsp3) is 0.571. The number of alkyl halides is 12. The van der Waals surface area contributed by atoms with Crippen LogP contribution in [0, 0.1) is 0 Å². The Morgan fingerprint density at radius 2 is 1.23 bits per heavy atom. The van der Waals surface area contributed by atoms with E-state index in [0.717, 1.165) is 41.4 Å². The van der Waals surface area contributed by atoms with Crippen molar-refractivity contribution in [1.29, 1.82) is 0 Å². The fourth-order valence-corrected chi connectivity index (χ4v) is 24.1. The van der Waals surface area contributed by atoms with Crippen LogP contribution in [0.4, 0.5) is 64.1 Å². The summed E-state index contributed by atoms with van der Waals surface area (Å²) in [5, 5.41) is 2.21. The Kier molecular flexibility index (Phi) is 24.8. The molecule has 0 N–H and O–H groups in total. The molecule has 8 nitrogen and oxygen atoms in total. The van der Waals surface area contributed by atoms with Gasteiger partial charge in [-0.25, -0.2) is 4.39 Å². The van der Waals surface area contributed by atoms with Gasteiger partial charge >= 0.3 is 30.5 Å². The smallest absolute Gasteiger partial charge is 0.522 e. The van der Waals surface area contributed by atoms with Crippen LogP contribution in [0.3, 0.4) is 0 Å². The maximum Gasteiger partial charge on any atom is 0.522 e. The highest BCUT2D eigenvalue weighted by Gasteiger charge is 2.65. The van der Waals surface area contributed by atoms with Crippen LogP contribution >= 0.6 is 0 Å². The minimum absolute atomic E-state index is 0.0454. The van der Waals surface area contributed by atoms with Crippen molar-refractivity contribution in [2.45, 2.75) is 121 Å². The molecule has 1 atom stereocenters. The lowest BCUT2D eigenvalue weighted by Crippen LogP contribution is -2.56. The highest BCUT2D eigenvalue weighted by atomic mass is 28.4. The van der Waals surface area contributed by atoms with E-state index in [-0.39, 0.29) is 18.3 Å². The third-order valence-corrected chi connectivity index (χ3v) is 24.8. The molecule has 0 bridgehead atoms. The van der Waals surface area contributed by atoms with Crippen molar-refractivity contribution in [3.63, 3.8) is 0 Å². The van der Waals surface area contributed by atoms with Crippen molar-refractivity contribution in [3.8, 4) is 0 Å². The van der Waals surface area contributed by atoms with E-state index in [0.29, 0.717) is 29.9 Å². The SMILES string of the molecule is C=C(C)O[Si](C)(C)C[Si](C)(C)c1cccc(N(C)C(=O)C(F)(OCF)C(F)(F)F)c1.C=C(C)O[Si](C)CC[Si](C)(C)c1cccc(N(C)C(=O)CCCCF)c1.FC(F)(F)COC(F)(F)F. The van der Waals surface area contributed by atoms with Gasteiger partial charge in [-0.3, -0.25) is 23.5 Å². The molecule has 1 radical (unpaired) electrons. The lowest BCUT2D eigenvalue weighted by atomic mass is 10.2. The molecule has 0 saturated heterocycles. The van der Waals surface area contributed by atoms with Crippen molar-refractivity contribution in [2.24, 2.45) is 0 Å². The number of anilines is 2. The fourth-order valence-electron chi connectivity index (χ4n) is 6.45. The summed E-state index contributed by atoms with van der Waals surface area (Å²) < 4.78 is 161. The van der Waals surface area contributed by atoms with Gasteiger partial charge in [0.05, 0.1) is 34.3 Å². The van der Waals surface area contributed by atoms with Crippen molar-refractivity contribution in [3.05, 3.63) is 73.2 Å². The zero-order valence-corrected chi connectivity index (χ0v) is 43.3. The third-order valence-electron chi connectivity index (χ3n) is 9.54. The Morgan fingerprint density at radius 3 is 1.64 bits per heavy atom. The summed E-state index contributed by atoms with van der Waals surface area (Å²) in [6.07, 6.45) is -14.4. The lowest BCUT2D eigenvalue weighted by Gasteiger charge is -2.34. The maximum atomic E-state index is 14.3. The van der Waals surface area contributed by atoms with E-state index < -0.39 is 77.4 Å². The predicted octanol–water partition coefficient (Wildman–Crippen LogP) is 12.0. The molecule has 66 heavy (non-hydrogen) atoms. The van der Waals surface area contributed by atoms with Crippen LogP contribution in [0.25, 0.3) is 0 Å². The van der Waals surface area contributed by atoms with E-state index in [2.05, 4.69) is 67.5 Å². The number of benzene rings is 2. The Bertz CT molecular complexity index is 1850. The number of halogens is 12. The largest absolute Gasteiger partial charge is 0.548 e. The normalized spacial score (nSPS) is 13.3. The number of ether oxygens (including phenoxy) is 2. The van der Waals surface area contributed by atoms with Crippen molar-refractivity contribution in [2.75, 3.05) is 44.0 Å². The van der Waals surface area contributed by atoms with Gasteiger partial charge in [0, 0.05) is 31.9 Å². The van der Waals surface area contributed by atoms with Gasteiger partial charge < -0.3 is 18.7 Å². The number of amides is 2. The topological polar surface area (TPSA) is 77.5 Å². The predicted molar refractivity (Wildman–Crippen MR) is 244 cm³/mol. The van der Waals surface area contributed by atoms with Crippen LogP contribution in [0.2, 0.25) is 63.6 Å². The highest BCUT2D eigenvalue weighted by Crippen LogP contribution is 2.38. The van der Waals surface area contributed by atoms with Crippen molar-refractivity contribution in [1.82, 2.24) is 0 Å². The van der Waals surface area contributed by atoms with E-state index in [1.165, 1.54) is 11.3 Å². The molecule has 2 rings (SSSR count). The Labute approximate surface area is 385 Å². The molecule has 0 aromatic heterocycles. The Morgan fingerprint density at radius 1 is 0.727 bits per heavy atom. The van der Waals surface area contributed by atoms with E-state index in [1.807, 2.05) is 38.2 Å². The van der Waals surface area contributed by atoms with E-state index in [1.54, 1.807) is 31.0 Å². The number of nitrogens with zero attached hydrogens (tertiary/aromatic N) is 2. The van der Waals surface area contributed by atoms with Crippen LogP contribution in [0.1, 0.15) is 33.1 Å². The molecule has 2 amide bonds. The zero-order chi connectivity index (χ0) is 51.7. The molecule has 24 heteroatoms. The number of allylic oxidation sites excluding steroid dienone is 2. The first-order valence-electron chi connectivity index (χ1n) is 20.4. The van der Waals surface area contributed by atoms with Gasteiger partial charge in [-0.2, -0.15) is 30.7 Å². The van der Waals surface area contributed by atoms with Gasteiger partial charge in [-0.15, -0.1) is 13.2 Å². The van der Waals surface area contributed by atoms with Crippen molar-refractivity contribution >= 4 is 67.1 Å². The number of hydrogen-bond acceptors (Lipinski definition) is 6. The average Bonchev–Trinajstić information content (AvgIpc) is 3.17. The van der Waals surface area contributed by atoms with Crippen LogP contribution < -0.4 is 20.2 Å². The molecule has 0 spiro atoms.